The van der Waals surface area contributed by atoms with Crippen LogP contribution in [0.15, 0.2) is 24.8 Å². The van der Waals surface area contributed by atoms with Crippen LogP contribution >= 0.6 is 0 Å². The van der Waals surface area contributed by atoms with Gasteiger partial charge in [-0.3, -0.25) is 0 Å². The Morgan fingerprint density at radius 2 is 2.25 bits per heavy atom. The molecule has 0 saturated heterocycles. The Bertz CT molecular complexity index is 326. The molecule has 0 unspecified atom stereocenters. The standard InChI is InChI=1S/C11H13N/c1-8-3-4-11-10(7-8)9(2)5-6-12-11/h3-4,7,12H,2,5-6H2,1H3. The van der Waals surface area contributed by atoms with E-state index in [-0.39, 0.29) is 0 Å². The van der Waals surface area contributed by atoms with E-state index in [0.29, 0.717) is 0 Å². The second kappa shape index (κ2) is 2.67. The quantitative estimate of drug-likeness (QED) is 0.613. The minimum Gasteiger partial charge on any atom is -0.384 e. The molecule has 1 aliphatic heterocycles. The first-order valence-corrected chi connectivity index (χ1v) is 4.30. The van der Waals surface area contributed by atoms with Crippen molar-refractivity contribution in [3.8, 4) is 0 Å². The third kappa shape index (κ3) is 1.11. The summed E-state index contributed by atoms with van der Waals surface area (Å²) in [5.41, 5.74) is 5.09. The maximum atomic E-state index is 4.06. The van der Waals surface area contributed by atoms with Gasteiger partial charge in [-0.25, -0.2) is 0 Å². The lowest BCUT2D eigenvalue weighted by Gasteiger charge is -2.20. The average Bonchev–Trinajstić information content (AvgIpc) is 2.07. The highest BCUT2D eigenvalue weighted by Crippen LogP contribution is 2.29. The predicted molar refractivity (Wildman–Crippen MR) is 53.3 cm³/mol. The number of fused-ring (bicyclic) bond motifs is 1. The number of nitrogens with one attached hydrogen (secondary N) is 1. The van der Waals surface area contributed by atoms with E-state index < -0.39 is 0 Å². The van der Waals surface area contributed by atoms with Crippen LogP contribution in [-0.2, 0) is 0 Å². The van der Waals surface area contributed by atoms with Crippen LogP contribution in [0.3, 0.4) is 0 Å². The molecule has 1 aromatic carbocycles. The van der Waals surface area contributed by atoms with Crippen molar-refractivity contribution in [3.63, 3.8) is 0 Å². The molecule has 0 bridgehead atoms. The van der Waals surface area contributed by atoms with Crippen molar-refractivity contribution in [2.75, 3.05) is 11.9 Å². The van der Waals surface area contributed by atoms with E-state index in [2.05, 4.69) is 37.0 Å². The third-order valence-corrected chi connectivity index (χ3v) is 2.30. The van der Waals surface area contributed by atoms with Crippen molar-refractivity contribution in [3.05, 3.63) is 35.9 Å². The monoisotopic (exact) mass is 159 g/mol. The summed E-state index contributed by atoms with van der Waals surface area (Å²) in [5.74, 6) is 0. The number of hydrogen-bond donors (Lipinski definition) is 1. The average molecular weight is 159 g/mol. The lowest BCUT2D eigenvalue weighted by molar-refractivity contribution is 1.05. The summed E-state index contributed by atoms with van der Waals surface area (Å²) < 4.78 is 0. The molecule has 1 nitrogen and oxygen atoms in total. The molecule has 1 heteroatoms. The molecule has 0 radical (unpaired) electrons. The van der Waals surface area contributed by atoms with Crippen molar-refractivity contribution in [2.45, 2.75) is 13.3 Å². The van der Waals surface area contributed by atoms with Crippen molar-refractivity contribution < 1.29 is 0 Å². The van der Waals surface area contributed by atoms with E-state index in [9.17, 15) is 0 Å². The van der Waals surface area contributed by atoms with Gasteiger partial charge in [-0.1, -0.05) is 18.2 Å². The largest absolute Gasteiger partial charge is 0.384 e. The van der Waals surface area contributed by atoms with Gasteiger partial charge in [-0.05, 0) is 31.1 Å². The normalized spacial score (nSPS) is 15.2. The highest BCUT2D eigenvalue weighted by Gasteiger charge is 2.10. The zero-order valence-corrected chi connectivity index (χ0v) is 7.35. The van der Waals surface area contributed by atoms with Gasteiger partial charge in [0.1, 0.15) is 0 Å². The first-order valence-electron chi connectivity index (χ1n) is 4.30. The number of hydrogen-bond acceptors (Lipinski definition) is 1. The number of benzene rings is 1. The van der Waals surface area contributed by atoms with Crippen LogP contribution in [0.1, 0.15) is 17.5 Å². The fraction of sp³-hybridized carbons (Fsp3) is 0.273. The number of anilines is 1. The van der Waals surface area contributed by atoms with Crippen LogP contribution in [0.2, 0.25) is 0 Å². The molecule has 1 aliphatic rings. The molecule has 0 fully saturated rings. The van der Waals surface area contributed by atoms with Crippen LogP contribution in [0.5, 0.6) is 0 Å². The minimum atomic E-state index is 1.02. The Balaban J connectivity index is 2.54. The van der Waals surface area contributed by atoms with Crippen LogP contribution < -0.4 is 5.32 Å². The van der Waals surface area contributed by atoms with E-state index in [1.54, 1.807) is 0 Å². The molecule has 1 N–H and O–H groups in total. The van der Waals surface area contributed by atoms with Gasteiger partial charge in [0.2, 0.25) is 0 Å². The van der Waals surface area contributed by atoms with Crippen LogP contribution in [-0.4, -0.2) is 6.54 Å². The van der Waals surface area contributed by atoms with Gasteiger partial charge in [0.25, 0.3) is 0 Å². The summed E-state index contributed by atoms with van der Waals surface area (Å²) >= 11 is 0. The lowest BCUT2D eigenvalue weighted by Crippen LogP contribution is -2.10. The summed E-state index contributed by atoms with van der Waals surface area (Å²) in [6, 6.07) is 6.46. The Labute approximate surface area is 73.1 Å². The summed E-state index contributed by atoms with van der Waals surface area (Å²) in [5, 5.41) is 3.36. The molecule has 1 heterocycles. The van der Waals surface area contributed by atoms with E-state index in [1.165, 1.54) is 22.4 Å². The van der Waals surface area contributed by atoms with E-state index in [0.717, 1.165) is 13.0 Å². The molecule has 0 aliphatic carbocycles. The summed E-state index contributed by atoms with van der Waals surface area (Å²) in [7, 11) is 0. The lowest BCUT2D eigenvalue weighted by atomic mass is 9.97. The first-order chi connectivity index (χ1) is 5.77. The van der Waals surface area contributed by atoms with Gasteiger partial charge in [0.15, 0.2) is 0 Å². The van der Waals surface area contributed by atoms with Gasteiger partial charge in [0.05, 0.1) is 0 Å². The van der Waals surface area contributed by atoms with Gasteiger partial charge < -0.3 is 5.32 Å². The maximum Gasteiger partial charge on any atom is 0.0416 e. The smallest absolute Gasteiger partial charge is 0.0416 e. The molecular formula is C11H13N. The Morgan fingerprint density at radius 3 is 3.08 bits per heavy atom. The molecule has 0 saturated carbocycles. The fourth-order valence-electron chi connectivity index (χ4n) is 1.59. The van der Waals surface area contributed by atoms with Crippen molar-refractivity contribution in [2.24, 2.45) is 0 Å². The van der Waals surface area contributed by atoms with Crippen molar-refractivity contribution in [1.29, 1.82) is 0 Å². The van der Waals surface area contributed by atoms with E-state index in [4.69, 9.17) is 0 Å². The van der Waals surface area contributed by atoms with Gasteiger partial charge in [-0.2, -0.15) is 0 Å². The zero-order valence-electron chi connectivity index (χ0n) is 7.35. The maximum absolute atomic E-state index is 4.06. The zero-order chi connectivity index (χ0) is 8.55. The summed E-state index contributed by atoms with van der Waals surface area (Å²) in [6.07, 6.45) is 1.07. The van der Waals surface area contributed by atoms with Gasteiger partial charge in [0, 0.05) is 17.8 Å². The second-order valence-corrected chi connectivity index (χ2v) is 3.33. The Morgan fingerprint density at radius 1 is 1.42 bits per heavy atom. The van der Waals surface area contributed by atoms with E-state index >= 15 is 0 Å². The molecule has 0 atom stereocenters. The topological polar surface area (TPSA) is 12.0 Å². The van der Waals surface area contributed by atoms with Crippen LogP contribution in [0.4, 0.5) is 5.69 Å². The van der Waals surface area contributed by atoms with Crippen molar-refractivity contribution in [1.82, 2.24) is 0 Å². The number of rotatable bonds is 0. The third-order valence-electron chi connectivity index (χ3n) is 2.30. The molecule has 12 heavy (non-hydrogen) atoms. The van der Waals surface area contributed by atoms with Crippen LogP contribution in [0.25, 0.3) is 5.57 Å². The highest BCUT2D eigenvalue weighted by molar-refractivity contribution is 5.78. The van der Waals surface area contributed by atoms with E-state index in [1.807, 2.05) is 0 Å². The highest BCUT2D eigenvalue weighted by atomic mass is 14.9. The molecule has 0 amide bonds. The molecule has 62 valence electrons. The van der Waals surface area contributed by atoms with Crippen molar-refractivity contribution >= 4 is 11.3 Å². The number of aryl methyl sites for hydroxylation is 1. The molecule has 2 rings (SSSR count). The summed E-state index contributed by atoms with van der Waals surface area (Å²) in [4.78, 5) is 0. The van der Waals surface area contributed by atoms with Gasteiger partial charge >= 0.3 is 0 Å². The molecule has 0 spiro atoms. The SMILES string of the molecule is C=C1CCNc2ccc(C)cc21. The second-order valence-electron chi connectivity index (χ2n) is 3.33. The summed E-state index contributed by atoms with van der Waals surface area (Å²) in [6.45, 7) is 7.19. The van der Waals surface area contributed by atoms with Crippen LogP contribution in [0, 0.1) is 6.92 Å². The molecule has 0 aromatic heterocycles. The molecule has 1 aromatic rings. The molecular weight excluding hydrogens is 146 g/mol. The first kappa shape index (κ1) is 7.41. The predicted octanol–water partition coefficient (Wildman–Crippen LogP) is 2.82. The Hall–Kier alpha value is -1.24. The Kier molecular flexibility index (Phi) is 1.65. The fourth-order valence-corrected chi connectivity index (χ4v) is 1.59. The van der Waals surface area contributed by atoms with Gasteiger partial charge in [-0.15, -0.1) is 0 Å². The minimum absolute atomic E-state index is 1.02.